The molecule has 2 aliphatic rings. The summed E-state index contributed by atoms with van der Waals surface area (Å²) >= 11 is 6.24. The third-order valence-electron chi connectivity index (χ3n) is 7.43. The molecule has 2 fully saturated rings. The molecule has 1 aliphatic carbocycles. The molecule has 1 atom stereocenters. The maximum absolute atomic E-state index is 11.8. The number of benzene rings is 2. The summed E-state index contributed by atoms with van der Waals surface area (Å²) in [6, 6.07) is 12.4. The van der Waals surface area contributed by atoms with Gasteiger partial charge in [-0.05, 0) is 68.0 Å². The number of imide groups is 1. The fourth-order valence-electron chi connectivity index (χ4n) is 5.06. The van der Waals surface area contributed by atoms with Crippen molar-refractivity contribution in [2.45, 2.75) is 65.1 Å². The minimum atomic E-state index is -0.726. The number of halogens is 1. The minimum Gasteiger partial charge on any atom is -0.491 e. The number of aliphatic carboxylic acids is 1. The number of carboxylic acids is 1. The van der Waals surface area contributed by atoms with Gasteiger partial charge in [0.05, 0.1) is 12.5 Å². The Balaban J connectivity index is 1.45. The summed E-state index contributed by atoms with van der Waals surface area (Å²) in [5, 5.41) is 10.1. The van der Waals surface area contributed by atoms with Gasteiger partial charge in [0.1, 0.15) is 12.4 Å². The number of ether oxygens (including phenoxy) is 1. The van der Waals surface area contributed by atoms with Gasteiger partial charge >= 0.3 is 5.97 Å². The molecule has 2 amide bonds. The number of amides is 2. The van der Waals surface area contributed by atoms with Crippen molar-refractivity contribution in [1.29, 1.82) is 0 Å². The first kappa shape index (κ1) is 26.2. The van der Waals surface area contributed by atoms with E-state index in [0.29, 0.717) is 19.4 Å². The Morgan fingerprint density at radius 3 is 2.42 bits per heavy atom. The molecular weight excluding hydrogens is 480 g/mol. The highest BCUT2D eigenvalue weighted by Crippen LogP contribution is 2.38. The summed E-state index contributed by atoms with van der Waals surface area (Å²) in [4.78, 5) is 38.6. The molecular formula is C28H33ClN2O5. The van der Waals surface area contributed by atoms with Gasteiger partial charge in [-0.3, -0.25) is 24.2 Å². The van der Waals surface area contributed by atoms with Crippen LogP contribution in [0.2, 0.25) is 5.02 Å². The van der Waals surface area contributed by atoms with Crippen LogP contribution in [0, 0.1) is 19.8 Å². The molecule has 7 nitrogen and oxygen atoms in total. The molecule has 8 heteroatoms. The number of hydrogen-bond acceptors (Lipinski definition) is 5. The fraction of sp³-hybridized carbons (Fsp3) is 0.464. The van der Waals surface area contributed by atoms with Crippen LogP contribution in [0.3, 0.4) is 0 Å². The largest absolute Gasteiger partial charge is 0.491 e. The molecule has 1 saturated carbocycles. The fourth-order valence-corrected chi connectivity index (χ4v) is 5.18. The average Bonchev–Trinajstić information content (AvgIpc) is 3.12. The Bertz CT molecular complexity index is 1140. The molecule has 1 saturated heterocycles. The van der Waals surface area contributed by atoms with Crippen LogP contribution >= 0.6 is 11.6 Å². The highest BCUT2D eigenvalue weighted by atomic mass is 35.5. The smallest absolute Gasteiger partial charge is 0.306 e. The van der Waals surface area contributed by atoms with Gasteiger partial charge in [0, 0.05) is 36.5 Å². The van der Waals surface area contributed by atoms with Crippen molar-refractivity contribution in [1.82, 2.24) is 9.80 Å². The van der Waals surface area contributed by atoms with Crippen LogP contribution in [-0.4, -0.2) is 51.9 Å². The molecule has 0 aromatic heterocycles. The van der Waals surface area contributed by atoms with Gasteiger partial charge in [0.25, 0.3) is 0 Å². The first-order chi connectivity index (χ1) is 17.1. The van der Waals surface area contributed by atoms with Crippen LogP contribution in [0.25, 0.3) is 0 Å². The van der Waals surface area contributed by atoms with E-state index in [9.17, 15) is 19.5 Å². The first-order valence-electron chi connectivity index (χ1n) is 12.4. The van der Waals surface area contributed by atoms with Gasteiger partial charge < -0.3 is 9.84 Å². The molecule has 0 bridgehead atoms. The van der Waals surface area contributed by atoms with Gasteiger partial charge in [-0.25, -0.2) is 0 Å². The highest BCUT2D eigenvalue weighted by molar-refractivity contribution is 6.31. The standard InChI is InChI=1S/C28H33ClN2O5/c1-17-13-21(5-6-24(17)29)19(3)31(23-14-22(15-23)28(34)35)16-20-4-7-25(18(2)12-20)36-11-10-30-26(32)8-9-27(30)33/h4-7,12-13,19,22-23H,8-11,14-16H2,1-3H3,(H,34,35)/t19-,22-,23-/m1/s1. The topological polar surface area (TPSA) is 87.2 Å². The number of nitrogens with zero attached hydrogens (tertiary/aromatic N) is 2. The van der Waals surface area contributed by atoms with E-state index >= 15 is 0 Å². The predicted molar refractivity (Wildman–Crippen MR) is 137 cm³/mol. The minimum absolute atomic E-state index is 0.0903. The second-order valence-corrected chi connectivity index (χ2v) is 10.3. The molecule has 0 spiro atoms. The van der Waals surface area contributed by atoms with Crippen molar-refractivity contribution >= 4 is 29.4 Å². The van der Waals surface area contributed by atoms with Crippen LogP contribution in [-0.2, 0) is 20.9 Å². The SMILES string of the molecule is Cc1cc([C@@H](C)N(Cc2ccc(OCCN3C(=O)CCC3=O)c(C)c2)[C@H]2C[C@H](C(=O)O)C2)ccc1Cl. The van der Waals surface area contributed by atoms with Gasteiger partial charge in [0.2, 0.25) is 11.8 Å². The number of hydrogen-bond donors (Lipinski definition) is 1. The van der Waals surface area contributed by atoms with E-state index < -0.39 is 5.97 Å². The number of aryl methyl sites for hydroxylation is 2. The summed E-state index contributed by atoms with van der Waals surface area (Å²) in [5.74, 6) is -0.566. The van der Waals surface area contributed by atoms with Crippen LogP contribution in [0.4, 0.5) is 0 Å². The van der Waals surface area contributed by atoms with Crippen molar-refractivity contribution < 1.29 is 24.2 Å². The summed E-state index contributed by atoms with van der Waals surface area (Å²) in [7, 11) is 0. The maximum Gasteiger partial charge on any atom is 0.306 e. The molecule has 0 radical (unpaired) electrons. The second kappa shape index (κ2) is 11.0. The zero-order chi connectivity index (χ0) is 26.0. The van der Waals surface area contributed by atoms with Gasteiger partial charge in [-0.2, -0.15) is 0 Å². The van der Waals surface area contributed by atoms with Crippen molar-refractivity contribution in [3.63, 3.8) is 0 Å². The molecule has 1 N–H and O–H groups in total. The number of carboxylic acid groups (broad SMARTS) is 1. The third-order valence-corrected chi connectivity index (χ3v) is 7.85. The van der Waals surface area contributed by atoms with E-state index in [1.165, 1.54) is 4.90 Å². The highest BCUT2D eigenvalue weighted by Gasteiger charge is 2.39. The maximum atomic E-state index is 11.8. The van der Waals surface area contributed by atoms with E-state index in [2.05, 4.69) is 24.0 Å². The number of rotatable bonds is 10. The second-order valence-electron chi connectivity index (χ2n) is 9.90. The predicted octanol–water partition coefficient (Wildman–Crippen LogP) is 4.91. The molecule has 1 aliphatic heterocycles. The van der Waals surface area contributed by atoms with Crippen LogP contribution < -0.4 is 4.74 Å². The van der Waals surface area contributed by atoms with E-state index in [4.69, 9.17) is 16.3 Å². The lowest BCUT2D eigenvalue weighted by Gasteiger charge is -2.44. The van der Waals surface area contributed by atoms with E-state index in [1.807, 2.05) is 38.1 Å². The first-order valence-corrected chi connectivity index (χ1v) is 12.8. The Hall–Kier alpha value is -2.90. The average molecular weight is 513 g/mol. The van der Waals surface area contributed by atoms with Gasteiger partial charge in [0.15, 0.2) is 0 Å². The Kier molecular flexibility index (Phi) is 8.00. The summed E-state index contributed by atoms with van der Waals surface area (Å²) in [6.45, 7) is 7.32. The molecule has 1 heterocycles. The van der Waals surface area contributed by atoms with Crippen LogP contribution in [0.15, 0.2) is 36.4 Å². The molecule has 2 aromatic carbocycles. The summed E-state index contributed by atoms with van der Waals surface area (Å²) in [6.07, 6.45) is 1.84. The Labute approximate surface area is 217 Å². The van der Waals surface area contributed by atoms with Crippen molar-refractivity contribution in [3.05, 3.63) is 63.7 Å². The van der Waals surface area contributed by atoms with E-state index in [1.54, 1.807) is 0 Å². The van der Waals surface area contributed by atoms with Crippen molar-refractivity contribution in [3.8, 4) is 5.75 Å². The summed E-state index contributed by atoms with van der Waals surface area (Å²) in [5.41, 5.74) is 4.26. The monoisotopic (exact) mass is 512 g/mol. The Morgan fingerprint density at radius 2 is 1.81 bits per heavy atom. The Morgan fingerprint density at radius 1 is 1.11 bits per heavy atom. The van der Waals surface area contributed by atoms with Crippen LogP contribution in [0.5, 0.6) is 5.75 Å². The number of carbonyl (C=O) groups is 3. The lowest BCUT2D eigenvalue weighted by atomic mass is 9.78. The quantitative estimate of drug-likeness (QED) is 0.455. The van der Waals surface area contributed by atoms with E-state index in [0.717, 1.165) is 33.0 Å². The molecule has 4 rings (SSSR count). The van der Waals surface area contributed by atoms with Crippen molar-refractivity contribution in [2.75, 3.05) is 13.2 Å². The molecule has 2 aromatic rings. The van der Waals surface area contributed by atoms with E-state index in [-0.39, 0.29) is 55.8 Å². The zero-order valence-electron chi connectivity index (χ0n) is 21.0. The van der Waals surface area contributed by atoms with Crippen LogP contribution in [0.1, 0.15) is 60.9 Å². The molecule has 192 valence electrons. The molecule has 0 unspecified atom stereocenters. The lowest BCUT2D eigenvalue weighted by Crippen LogP contribution is -2.47. The van der Waals surface area contributed by atoms with Gasteiger partial charge in [-0.15, -0.1) is 0 Å². The third kappa shape index (κ3) is 5.73. The summed E-state index contributed by atoms with van der Waals surface area (Å²) < 4.78 is 5.88. The lowest BCUT2D eigenvalue weighted by molar-refractivity contribution is -0.147. The number of carbonyl (C=O) groups excluding carboxylic acids is 2. The van der Waals surface area contributed by atoms with Crippen molar-refractivity contribution in [2.24, 2.45) is 5.92 Å². The zero-order valence-corrected chi connectivity index (χ0v) is 21.8. The van der Waals surface area contributed by atoms with Gasteiger partial charge in [-0.1, -0.05) is 35.9 Å². The molecule has 36 heavy (non-hydrogen) atoms. The number of likely N-dealkylation sites (tertiary alicyclic amines) is 1. The normalized spacial score (nSPS) is 20.5.